The molecule has 0 saturated carbocycles. The van der Waals surface area contributed by atoms with Gasteiger partial charge in [0, 0.05) is 38.7 Å². The van der Waals surface area contributed by atoms with E-state index in [2.05, 4.69) is 20.4 Å². The predicted molar refractivity (Wildman–Crippen MR) is 113 cm³/mol. The first-order chi connectivity index (χ1) is 12.1. The van der Waals surface area contributed by atoms with Gasteiger partial charge >= 0.3 is 5.97 Å². The second-order valence-electron chi connectivity index (χ2n) is 5.92. The molecule has 8 heteroatoms. The van der Waals surface area contributed by atoms with Crippen LogP contribution in [0.5, 0.6) is 0 Å². The Kier molecular flexibility index (Phi) is 10.0. The Morgan fingerprint density at radius 1 is 1.31 bits per heavy atom. The summed E-state index contributed by atoms with van der Waals surface area (Å²) in [6.07, 6.45) is 2.47. The first-order valence-corrected chi connectivity index (χ1v) is 8.53. The minimum Gasteiger partial charge on any atom is -0.469 e. The average Bonchev–Trinajstić information content (AvgIpc) is 3.01. The third-order valence-electron chi connectivity index (χ3n) is 4.09. The first kappa shape index (κ1) is 22.2. The minimum atomic E-state index is -0.187. The van der Waals surface area contributed by atoms with Gasteiger partial charge in [-0.05, 0) is 25.0 Å². The summed E-state index contributed by atoms with van der Waals surface area (Å²) in [6, 6.07) is 9.69. The predicted octanol–water partition coefficient (Wildman–Crippen LogP) is 1.92. The summed E-state index contributed by atoms with van der Waals surface area (Å²) >= 11 is 0. The molecule has 1 aromatic carbocycles. The maximum absolute atomic E-state index is 12.2. The molecule has 1 saturated heterocycles. The fourth-order valence-corrected chi connectivity index (χ4v) is 2.75. The number of nitrogens with one attached hydrogen (secondary N) is 2. The average molecular weight is 474 g/mol. The lowest BCUT2D eigenvalue weighted by molar-refractivity contribution is -0.140. The molecule has 0 spiro atoms. The number of anilines is 1. The number of esters is 1. The van der Waals surface area contributed by atoms with Crippen LogP contribution in [0.15, 0.2) is 35.3 Å². The van der Waals surface area contributed by atoms with Gasteiger partial charge in [0.1, 0.15) is 0 Å². The van der Waals surface area contributed by atoms with Crippen molar-refractivity contribution in [2.45, 2.75) is 31.7 Å². The van der Waals surface area contributed by atoms with Gasteiger partial charge in [0.25, 0.3) is 0 Å². The molecule has 2 rings (SSSR count). The zero-order chi connectivity index (χ0) is 18.1. The zero-order valence-electron chi connectivity index (χ0n) is 15.2. The van der Waals surface area contributed by atoms with E-state index in [1.54, 1.807) is 11.9 Å². The molecule has 0 aliphatic carbocycles. The van der Waals surface area contributed by atoms with Crippen LogP contribution in [0.25, 0.3) is 0 Å². The van der Waals surface area contributed by atoms with Crippen LogP contribution in [0.1, 0.15) is 25.7 Å². The maximum atomic E-state index is 12.2. The van der Waals surface area contributed by atoms with Gasteiger partial charge < -0.3 is 20.3 Å². The maximum Gasteiger partial charge on any atom is 0.305 e. The number of methoxy groups -OCH3 is 1. The molecule has 1 heterocycles. The van der Waals surface area contributed by atoms with Crippen molar-refractivity contribution >= 4 is 47.5 Å². The van der Waals surface area contributed by atoms with Gasteiger partial charge in [-0.25, -0.2) is 0 Å². The molecule has 1 aromatic rings. The lowest BCUT2D eigenvalue weighted by atomic mass is 10.2. The van der Waals surface area contributed by atoms with Crippen molar-refractivity contribution in [2.24, 2.45) is 4.99 Å². The number of nitrogens with zero attached hydrogens (tertiary/aromatic N) is 2. The van der Waals surface area contributed by atoms with Gasteiger partial charge in [-0.2, -0.15) is 0 Å². The number of benzene rings is 1. The van der Waals surface area contributed by atoms with E-state index in [1.807, 2.05) is 30.3 Å². The van der Waals surface area contributed by atoms with E-state index in [1.165, 1.54) is 7.11 Å². The number of ether oxygens (including phenoxy) is 1. The van der Waals surface area contributed by atoms with Gasteiger partial charge in [0.05, 0.1) is 13.2 Å². The molecule has 1 aliphatic rings. The quantitative estimate of drug-likeness (QED) is 0.208. The van der Waals surface area contributed by atoms with Crippen LogP contribution in [0.4, 0.5) is 5.69 Å². The van der Waals surface area contributed by atoms with E-state index >= 15 is 0 Å². The largest absolute Gasteiger partial charge is 0.469 e. The fourth-order valence-electron chi connectivity index (χ4n) is 2.75. The minimum absolute atomic E-state index is 0. The van der Waals surface area contributed by atoms with E-state index in [-0.39, 0.29) is 41.9 Å². The van der Waals surface area contributed by atoms with E-state index in [0.29, 0.717) is 31.9 Å². The van der Waals surface area contributed by atoms with Crippen molar-refractivity contribution in [1.82, 2.24) is 10.6 Å². The van der Waals surface area contributed by atoms with Gasteiger partial charge in [0.2, 0.25) is 5.91 Å². The molecular weight excluding hydrogens is 447 g/mol. The molecule has 26 heavy (non-hydrogen) atoms. The Hall–Kier alpha value is -1.84. The highest BCUT2D eigenvalue weighted by Crippen LogP contribution is 2.20. The third-order valence-corrected chi connectivity index (χ3v) is 4.09. The number of hydrogen-bond donors (Lipinski definition) is 2. The number of guanidine groups is 1. The van der Waals surface area contributed by atoms with Crippen LogP contribution >= 0.6 is 24.0 Å². The Bertz CT molecular complexity index is 610. The summed E-state index contributed by atoms with van der Waals surface area (Å²) < 4.78 is 4.61. The lowest BCUT2D eigenvalue weighted by Crippen LogP contribution is -2.44. The number of carbonyl (C=O) groups is 2. The molecule has 1 atom stereocenters. The van der Waals surface area contributed by atoms with Gasteiger partial charge in [-0.3, -0.25) is 14.6 Å². The van der Waals surface area contributed by atoms with Crippen molar-refractivity contribution in [3.05, 3.63) is 30.3 Å². The van der Waals surface area contributed by atoms with Crippen LogP contribution in [0, 0.1) is 0 Å². The number of rotatable bonds is 7. The Labute approximate surface area is 171 Å². The number of aliphatic imine (C=N–C) groups is 1. The summed E-state index contributed by atoms with van der Waals surface area (Å²) in [6.45, 7) is 1.33. The van der Waals surface area contributed by atoms with Crippen molar-refractivity contribution in [3.8, 4) is 0 Å². The summed E-state index contributed by atoms with van der Waals surface area (Å²) in [5.74, 6) is 0.594. The molecule has 0 radical (unpaired) electrons. The SMILES string of the molecule is CN=C(NCCCCC(=O)OC)NC1CC(=O)N(c2ccccc2)C1.I. The molecule has 1 fully saturated rings. The van der Waals surface area contributed by atoms with Crippen molar-refractivity contribution < 1.29 is 14.3 Å². The van der Waals surface area contributed by atoms with Crippen molar-refractivity contribution in [3.63, 3.8) is 0 Å². The normalized spacial score (nSPS) is 16.8. The van der Waals surface area contributed by atoms with E-state index in [4.69, 9.17) is 0 Å². The number of unbranched alkanes of at least 4 members (excludes halogenated alkanes) is 1. The topological polar surface area (TPSA) is 83.0 Å². The van der Waals surface area contributed by atoms with E-state index < -0.39 is 0 Å². The van der Waals surface area contributed by atoms with E-state index in [0.717, 1.165) is 18.5 Å². The summed E-state index contributed by atoms with van der Waals surface area (Å²) in [5, 5.41) is 6.51. The lowest BCUT2D eigenvalue weighted by Gasteiger charge is -2.19. The van der Waals surface area contributed by atoms with Gasteiger partial charge in [0.15, 0.2) is 5.96 Å². The summed E-state index contributed by atoms with van der Waals surface area (Å²) in [7, 11) is 3.10. The van der Waals surface area contributed by atoms with Crippen LogP contribution in [-0.2, 0) is 14.3 Å². The molecule has 0 bridgehead atoms. The molecular formula is C18H27IN4O3. The zero-order valence-corrected chi connectivity index (χ0v) is 17.6. The third kappa shape index (κ3) is 6.81. The Balaban J connectivity index is 0.00000338. The fraction of sp³-hybridized carbons (Fsp3) is 0.500. The van der Waals surface area contributed by atoms with Crippen molar-refractivity contribution in [2.75, 3.05) is 32.1 Å². The highest BCUT2D eigenvalue weighted by molar-refractivity contribution is 14.0. The second kappa shape index (κ2) is 11.7. The van der Waals surface area contributed by atoms with Crippen LogP contribution in [0.2, 0.25) is 0 Å². The number of para-hydroxylation sites is 1. The van der Waals surface area contributed by atoms with Gasteiger partial charge in [-0.1, -0.05) is 18.2 Å². The molecule has 1 amide bonds. The molecule has 2 N–H and O–H groups in total. The first-order valence-electron chi connectivity index (χ1n) is 8.53. The molecule has 1 aliphatic heterocycles. The number of hydrogen-bond acceptors (Lipinski definition) is 4. The second-order valence-corrected chi connectivity index (χ2v) is 5.92. The Morgan fingerprint density at radius 2 is 2.04 bits per heavy atom. The number of carbonyl (C=O) groups excluding carboxylic acids is 2. The summed E-state index contributed by atoms with van der Waals surface area (Å²) in [5.41, 5.74) is 0.919. The van der Waals surface area contributed by atoms with Crippen molar-refractivity contribution in [1.29, 1.82) is 0 Å². The number of halogens is 1. The highest BCUT2D eigenvalue weighted by atomic mass is 127. The van der Waals surface area contributed by atoms with Crippen LogP contribution < -0.4 is 15.5 Å². The molecule has 0 aromatic heterocycles. The highest BCUT2D eigenvalue weighted by Gasteiger charge is 2.30. The molecule has 1 unspecified atom stereocenters. The molecule has 7 nitrogen and oxygen atoms in total. The monoisotopic (exact) mass is 474 g/mol. The van der Waals surface area contributed by atoms with E-state index in [9.17, 15) is 9.59 Å². The van der Waals surface area contributed by atoms with Gasteiger partial charge in [-0.15, -0.1) is 24.0 Å². The molecule has 144 valence electrons. The van der Waals surface area contributed by atoms with Crippen LogP contribution in [0.3, 0.4) is 0 Å². The smallest absolute Gasteiger partial charge is 0.305 e. The number of amides is 1. The summed E-state index contributed by atoms with van der Waals surface area (Å²) in [4.78, 5) is 29.3. The standard InChI is InChI=1S/C18H26N4O3.HI/c1-19-18(20-11-7-6-10-17(24)25-2)21-14-12-16(23)22(13-14)15-8-4-3-5-9-15;/h3-5,8-9,14H,6-7,10-13H2,1-2H3,(H2,19,20,21);1H. The Morgan fingerprint density at radius 3 is 2.69 bits per heavy atom. The van der Waals surface area contributed by atoms with Crippen LogP contribution in [-0.4, -0.2) is 51.1 Å².